The van der Waals surface area contributed by atoms with E-state index in [0.29, 0.717) is 10.7 Å². The summed E-state index contributed by atoms with van der Waals surface area (Å²) < 4.78 is 18.2. The topological polar surface area (TPSA) is 84.5 Å². The van der Waals surface area contributed by atoms with Crippen LogP contribution in [0.1, 0.15) is 15.9 Å². The molecule has 26 heavy (non-hydrogen) atoms. The van der Waals surface area contributed by atoms with E-state index in [2.05, 4.69) is 10.6 Å². The number of benzene rings is 2. The van der Waals surface area contributed by atoms with E-state index in [9.17, 15) is 18.8 Å². The molecule has 0 heterocycles. The van der Waals surface area contributed by atoms with E-state index >= 15 is 0 Å². The lowest BCUT2D eigenvalue weighted by Gasteiger charge is -2.10. The minimum atomic E-state index is -0.826. The van der Waals surface area contributed by atoms with Crippen LogP contribution in [0.25, 0.3) is 0 Å². The molecular formula is C18H16ClFN2O4. The number of hydrogen-bond acceptors (Lipinski definition) is 4. The Labute approximate surface area is 154 Å². The third-order valence-corrected chi connectivity index (χ3v) is 3.58. The highest BCUT2D eigenvalue weighted by atomic mass is 35.5. The Morgan fingerprint density at radius 2 is 1.88 bits per heavy atom. The van der Waals surface area contributed by atoms with Crippen LogP contribution in [0.3, 0.4) is 0 Å². The number of rotatable bonds is 6. The lowest BCUT2D eigenvalue weighted by Crippen LogP contribution is -2.32. The van der Waals surface area contributed by atoms with Crippen molar-refractivity contribution in [3.8, 4) is 0 Å². The average Bonchev–Trinajstić information content (AvgIpc) is 2.61. The third kappa shape index (κ3) is 5.56. The highest BCUT2D eigenvalue weighted by Gasteiger charge is 2.14. The van der Waals surface area contributed by atoms with Gasteiger partial charge in [0.15, 0.2) is 6.61 Å². The molecule has 136 valence electrons. The number of nitrogens with one attached hydrogen (secondary N) is 2. The normalized spacial score (nSPS) is 10.1. The Morgan fingerprint density at radius 1 is 1.15 bits per heavy atom. The van der Waals surface area contributed by atoms with Crippen molar-refractivity contribution in [2.24, 2.45) is 0 Å². The van der Waals surface area contributed by atoms with Crippen LogP contribution in [0.4, 0.5) is 10.1 Å². The maximum absolute atomic E-state index is 13.4. The fraction of sp³-hybridized carbons (Fsp3) is 0.167. The summed E-state index contributed by atoms with van der Waals surface area (Å²) in [4.78, 5) is 35.2. The summed E-state index contributed by atoms with van der Waals surface area (Å²) in [6.07, 6.45) is 0. The van der Waals surface area contributed by atoms with Crippen molar-refractivity contribution in [2.45, 2.75) is 6.92 Å². The van der Waals surface area contributed by atoms with Crippen LogP contribution >= 0.6 is 11.6 Å². The molecular weight excluding hydrogens is 363 g/mol. The van der Waals surface area contributed by atoms with Crippen LogP contribution in [0.15, 0.2) is 42.5 Å². The largest absolute Gasteiger partial charge is 0.454 e. The number of hydrogen-bond donors (Lipinski definition) is 2. The Balaban J connectivity index is 1.78. The number of aryl methyl sites for hydroxylation is 1. The molecule has 0 atom stereocenters. The molecule has 6 nitrogen and oxygen atoms in total. The van der Waals surface area contributed by atoms with E-state index in [1.807, 2.05) is 0 Å². The molecule has 0 aliphatic rings. The highest BCUT2D eigenvalue weighted by Crippen LogP contribution is 2.19. The van der Waals surface area contributed by atoms with Crippen molar-refractivity contribution < 1.29 is 23.5 Å². The number of carbonyl (C=O) groups excluding carboxylic acids is 3. The standard InChI is InChI=1S/C18H16ClFN2O4/c1-11-6-7-12(19)8-15(11)22-16(23)10-26-17(24)9-21-18(25)13-4-2-3-5-14(13)20/h2-8H,9-10H2,1H3,(H,21,25)(H,22,23). The summed E-state index contributed by atoms with van der Waals surface area (Å²) in [7, 11) is 0. The molecule has 0 saturated heterocycles. The van der Waals surface area contributed by atoms with Crippen LogP contribution in [0.2, 0.25) is 5.02 Å². The molecule has 0 bridgehead atoms. The van der Waals surface area contributed by atoms with Crippen LogP contribution in [0.5, 0.6) is 0 Å². The summed E-state index contributed by atoms with van der Waals surface area (Å²) >= 11 is 5.86. The number of amides is 2. The first kappa shape index (κ1) is 19.4. The zero-order valence-electron chi connectivity index (χ0n) is 13.8. The first-order valence-electron chi connectivity index (χ1n) is 7.61. The van der Waals surface area contributed by atoms with E-state index in [0.717, 1.165) is 11.6 Å². The van der Waals surface area contributed by atoms with Gasteiger partial charge in [0.05, 0.1) is 5.56 Å². The van der Waals surface area contributed by atoms with Crippen molar-refractivity contribution >= 4 is 35.1 Å². The number of carbonyl (C=O) groups is 3. The van der Waals surface area contributed by atoms with Crippen molar-refractivity contribution in [1.29, 1.82) is 0 Å². The second-order valence-electron chi connectivity index (χ2n) is 5.33. The molecule has 0 fully saturated rings. The minimum Gasteiger partial charge on any atom is -0.454 e. The van der Waals surface area contributed by atoms with Gasteiger partial charge in [0.2, 0.25) is 0 Å². The molecule has 0 saturated carbocycles. The molecule has 2 aromatic rings. The molecule has 0 aromatic heterocycles. The van der Waals surface area contributed by atoms with Gasteiger partial charge in [0, 0.05) is 10.7 Å². The molecule has 0 spiro atoms. The summed E-state index contributed by atoms with van der Waals surface area (Å²) in [5.74, 6) is -2.83. The van der Waals surface area contributed by atoms with Crippen LogP contribution in [-0.2, 0) is 14.3 Å². The predicted octanol–water partition coefficient (Wildman–Crippen LogP) is 2.70. The summed E-state index contributed by atoms with van der Waals surface area (Å²) in [6.45, 7) is 0.771. The van der Waals surface area contributed by atoms with Crippen LogP contribution in [0, 0.1) is 12.7 Å². The quantitative estimate of drug-likeness (QED) is 0.757. The first-order valence-corrected chi connectivity index (χ1v) is 7.99. The minimum absolute atomic E-state index is 0.186. The molecule has 2 N–H and O–H groups in total. The monoisotopic (exact) mass is 378 g/mol. The zero-order valence-corrected chi connectivity index (χ0v) is 14.6. The van der Waals surface area contributed by atoms with E-state index in [1.165, 1.54) is 18.2 Å². The number of esters is 1. The van der Waals surface area contributed by atoms with Crippen molar-refractivity contribution in [3.63, 3.8) is 0 Å². The Kier molecular flexibility index (Phi) is 6.68. The van der Waals surface area contributed by atoms with E-state index < -0.39 is 36.8 Å². The van der Waals surface area contributed by atoms with Gasteiger partial charge in [-0.15, -0.1) is 0 Å². The van der Waals surface area contributed by atoms with Crippen LogP contribution < -0.4 is 10.6 Å². The second kappa shape index (κ2) is 8.96. The smallest absolute Gasteiger partial charge is 0.325 e. The molecule has 0 aliphatic carbocycles. The molecule has 8 heteroatoms. The highest BCUT2D eigenvalue weighted by molar-refractivity contribution is 6.31. The van der Waals surface area contributed by atoms with Gasteiger partial charge in [-0.3, -0.25) is 14.4 Å². The van der Waals surface area contributed by atoms with E-state index in [-0.39, 0.29) is 5.56 Å². The van der Waals surface area contributed by atoms with Gasteiger partial charge in [0.1, 0.15) is 12.4 Å². The van der Waals surface area contributed by atoms with E-state index in [1.54, 1.807) is 25.1 Å². The van der Waals surface area contributed by atoms with Gasteiger partial charge >= 0.3 is 5.97 Å². The number of anilines is 1. The predicted molar refractivity (Wildman–Crippen MR) is 94.5 cm³/mol. The lowest BCUT2D eigenvalue weighted by molar-refractivity contribution is -0.146. The molecule has 2 rings (SSSR count). The fourth-order valence-electron chi connectivity index (χ4n) is 2.01. The maximum Gasteiger partial charge on any atom is 0.325 e. The van der Waals surface area contributed by atoms with Gasteiger partial charge in [-0.05, 0) is 36.8 Å². The molecule has 0 aliphatic heterocycles. The van der Waals surface area contributed by atoms with Gasteiger partial charge in [0.25, 0.3) is 11.8 Å². The molecule has 0 unspecified atom stereocenters. The summed E-state index contributed by atoms with van der Waals surface area (Å²) in [6, 6.07) is 10.4. The van der Waals surface area contributed by atoms with E-state index in [4.69, 9.17) is 16.3 Å². The van der Waals surface area contributed by atoms with Crippen LogP contribution in [-0.4, -0.2) is 30.9 Å². The molecule has 0 radical (unpaired) electrons. The average molecular weight is 379 g/mol. The number of halogens is 2. The van der Waals surface area contributed by atoms with Crippen molar-refractivity contribution in [1.82, 2.24) is 5.32 Å². The molecule has 2 aromatic carbocycles. The summed E-state index contributed by atoms with van der Waals surface area (Å²) in [5, 5.41) is 5.25. The first-order chi connectivity index (χ1) is 12.4. The van der Waals surface area contributed by atoms with Gasteiger partial charge in [-0.25, -0.2) is 4.39 Å². The molecule has 2 amide bonds. The van der Waals surface area contributed by atoms with Gasteiger partial charge < -0.3 is 15.4 Å². The van der Waals surface area contributed by atoms with Crippen molar-refractivity contribution in [2.75, 3.05) is 18.5 Å². The fourth-order valence-corrected chi connectivity index (χ4v) is 2.18. The third-order valence-electron chi connectivity index (χ3n) is 3.35. The SMILES string of the molecule is Cc1ccc(Cl)cc1NC(=O)COC(=O)CNC(=O)c1ccccc1F. The lowest BCUT2D eigenvalue weighted by atomic mass is 10.2. The Morgan fingerprint density at radius 3 is 2.62 bits per heavy atom. The number of ether oxygens (including phenoxy) is 1. The summed E-state index contributed by atoms with van der Waals surface area (Å²) in [5.41, 5.74) is 1.12. The van der Waals surface area contributed by atoms with Gasteiger partial charge in [-0.2, -0.15) is 0 Å². The Hall–Kier alpha value is -2.93. The van der Waals surface area contributed by atoms with Gasteiger partial charge in [-0.1, -0.05) is 29.8 Å². The zero-order chi connectivity index (χ0) is 19.1. The second-order valence-corrected chi connectivity index (χ2v) is 5.77. The Bertz CT molecular complexity index is 842. The maximum atomic E-state index is 13.4. The van der Waals surface area contributed by atoms with Crippen molar-refractivity contribution in [3.05, 3.63) is 64.4 Å².